The molecule has 5 rings (SSSR count). The molecule has 2 aromatic heterocycles. The summed E-state index contributed by atoms with van der Waals surface area (Å²) in [6.07, 6.45) is 5.35. The molecule has 0 radical (unpaired) electrons. The Morgan fingerprint density at radius 3 is 2.75 bits per heavy atom. The molecule has 4 heterocycles. The molecule has 0 spiro atoms. The average molecular weight is 384 g/mol. The molecular weight excluding hydrogens is 362 g/mol. The zero-order valence-electron chi connectivity index (χ0n) is 15.5. The fraction of sp³-hybridized carbons (Fsp3) is 0.429. The van der Waals surface area contributed by atoms with Crippen molar-refractivity contribution in [2.45, 2.75) is 31.4 Å². The number of pyridine rings is 1. The molecule has 5 nitrogen and oxygen atoms in total. The van der Waals surface area contributed by atoms with E-state index in [2.05, 4.69) is 16.1 Å². The van der Waals surface area contributed by atoms with Crippen LogP contribution in [0.1, 0.15) is 30.7 Å². The maximum absolute atomic E-state index is 14.5. The van der Waals surface area contributed by atoms with E-state index in [0.29, 0.717) is 36.8 Å². The first-order valence-corrected chi connectivity index (χ1v) is 9.79. The van der Waals surface area contributed by atoms with E-state index in [-0.39, 0.29) is 5.82 Å². The van der Waals surface area contributed by atoms with Crippen LogP contribution in [-0.2, 0) is 4.74 Å². The lowest BCUT2D eigenvalue weighted by atomic mass is 9.93. The summed E-state index contributed by atoms with van der Waals surface area (Å²) in [6, 6.07) is 6.95. The molecule has 1 atom stereocenters. The molecule has 1 aromatic carbocycles. The van der Waals surface area contributed by atoms with Gasteiger partial charge in [0, 0.05) is 49.8 Å². The number of fused-ring (bicyclic) bond motifs is 1. The number of anilines is 1. The highest BCUT2D eigenvalue weighted by Crippen LogP contribution is 2.30. The number of benzene rings is 1. The van der Waals surface area contributed by atoms with Crippen molar-refractivity contribution < 1.29 is 13.5 Å². The zero-order chi connectivity index (χ0) is 19.1. The van der Waals surface area contributed by atoms with Crippen molar-refractivity contribution in [2.24, 2.45) is 0 Å². The Morgan fingerprint density at radius 1 is 1.11 bits per heavy atom. The van der Waals surface area contributed by atoms with Crippen LogP contribution in [0.4, 0.5) is 14.5 Å². The highest BCUT2D eigenvalue weighted by Gasteiger charge is 2.23. The number of ether oxygens (including phenoxy) is 1. The van der Waals surface area contributed by atoms with Gasteiger partial charge < -0.3 is 9.64 Å². The van der Waals surface area contributed by atoms with Crippen LogP contribution in [0.5, 0.6) is 0 Å². The molecule has 0 bridgehead atoms. The van der Waals surface area contributed by atoms with Crippen LogP contribution < -0.4 is 4.90 Å². The van der Waals surface area contributed by atoms with Crippen molar-refractivity contribution in [3.63, 3.8) is 0 Å². The number of halogens is 2. The summed E-state index contributed by atoms with van der Waals surface area (Å²) in [5.74, 6) is 0.0788. The maximum atomic E-state index is 14.5. The lowest BCUT2D eigenvalue weighted by Crippen LogP contribution is -2.20. The molecule has 7 heteroatoms. The molecule has 146 valence electrons. The van der Waals surface area contributed by atoms with E-state index in [1.54, 1.807) is 12.1 Å². The molecule has 0 unspecified atom stereocenters. The monoisotopic (exact) mass is 384 g/mol. The summed E-state index contributed by atoms with van der Waals surface area (Å²) in [6.45, 7) is 2.54. The van der Waals surface area contributed by atoms with E-state index < -0.39 is 6.17 Å². The molecule has 2 aliphatic heterocycles. The first-order chi connectivity index (χ1) is 13.7. The van der Waals surface area contributed by atoms with Crippen LogP contribution >= 0.6 is 0 Å². The van der Waals surface area contributed by atoms with Crippen molar-refractivity contribution >= 4 is 16.7 Å². The molecule has 2 fully saturated rings. The number of hydrogen-bond donors (Lipinski definition) is 0. The highest BCUT2D eigenvalue weighted by molar-refractivity contribution is 5.75. The normalized spacial score (nSPS) is 20.9. The van der Waals surface area contributed by atoms with Crippen LogP contribution in [-0.4, -0.2) is 47.2 Å². The predicted octanol–water partition coefficient (Wildman–Crippen LogP) is 4.00. The van der Waals surface area contributed by atoms with Gasteiger partial charge in [-0.3, -0.25) is 0 Å². The largest absolute Gasteiger partial charge is 0.381 e. The fourth-order valence-electron chi connectivity index (χ4n) is 4.14. The van der Waals surface area contributed by atoms with Gasteiger partial charge in [0.1, 0.15) is 17.7 Å². The topological polar surface area (TPSA) is 43.2 Å². The Labute approximate surface area is 161 Å². The summed E-state index contributed by atoms with van der Waals surface area (Å²) in [5, 5.41) is 5.35. The lowest BCUT2D eigenvalue weighted by molar-refractivity contribution is 0.0853. The van der Waals surface area contributed by atoms with Gasteiger partial charge in [-0.2, -0.15) is 0 Å². The summed E-state index contributed by atoms with van der Waals surface area (Å²) in [4.78, 5) is 6.43. The van der Waals surface area contributed by atoms with E-state index in [4.69, 9.17) is 4.74 Å². The van der Waals surface area contributed by atoms with E-state index >= 15 is 0 Å². The van der Waals surface area contributed by atoms with E-state index in [1.807, 2.05) is 17.3 Å². The lowest BCUT2D eigenvalue weighted by Gasteiger charge is -2.21. The van der Waals surface area contributed by atoms with Gasteiger partial charge in [0.2, 0.25) is 0 Å². The summed E-state index contributed by atoms with van der Waals surface area (Å²) >= 11 is 0. The highest BCUT2D eigenvalue weighted by atomic mass is 19.1. The number of aromatic nitrogens is 3. The third kappa shape index (κ3) is 3.24. The third-order valence-corrected chi connectivity index (χ3v) is 5.75. The number of rotatable bonds is 3. The minimum absolute atomic E-state index is 0.349. The van der Waals surface area contributed by atoms with Crippen LogP contribution in [0.3, 0.4) is 0 Å². The average Bonchev–Trinajstić information content (AvgIpc) is 3.34. The minimum Gasteiger partial charge on any atom is -0.381 e. The molecule has 3 aromatic rings. The fourth-order valence-corrected chi connectivity index (χ4v) is 4.14. The van der Waals surface area contributed by atoms with Gasteiger partial charge in [0.25, 0.3) is 0 Å². The Morgan fingerprint density at radius 2 is 1.96 bits per heavy atom. The van der Waals surface area contributed by atoms with Gasteiger partial charge >= 0.3 is 0 Å². The molecule has 0 amide bonds. The van der Waals surface area contributed by atoms with Crippen molar-refractivity contribution in [1.82, 2.24) is 14.8 Å². The Balaban J connectivity index is 1.48. The maximum Gasteiger partial charge on any atom is 0.181 e. The minimum atomic E-state index is -0.825. The predicted molar refractivity (Wildman–Crippen MR) is 103 cm³/mol. The van der Waals surface area contributed by atoms with Gasteiger partial charge in [-0.1, -0.05) is 0 Å². The van der Waals surface area contributed by atoms with Crippen LogP contribution in [0.2, 0.25) is 0 Å². The van der Waals surface area contributed by atoms with E-state index in [9.17, 15) is 8.78 Å². The smallest absolute Gasteiger partial charge is 0.181 e. The number of alkyl halides is 1. The van der Waals surface area contributed by atoms with Crippen molar-refractivity contribution in [1.29, 1.82) is 0 Å². The Hall–Kier alpha value is -2.54. The molecule has 28 heavy (non-hydrogen) atoms. The second-order valence-electron chi connectivity index (χ2n) is 7.61. The number of nitrogens with zero attached hydrogens (tertiary/aromatic N) is 4. The first-order valence-electron chi connectivity index (χ1n) is 9.79. The molecule has 2 aliphatic rings. The van der Waals surface area contributed by atoms with Gasteiger partial charge in [-0.15, -0.1) is 5.10 Å². The third-order valence-electron chi connectivity index (χ3n) is 5.75. The standard InChI is InChI=1S/C21H22F2N4O/c22-17-3-6-26(13-17)18-1-2-19(23)20(10-18)27-12-16-9-15(11-24-21(16)25-27)14-4-7-28-8-5-14/h1-2,9-12,14,17H,3-8,13H2/t17-/m1/s1. The molecule has 0 N–H and O–H groups in total. The summed E-state index contributed by atoms with van der Waals surface area (Å²) in [5.41, 5.74) is 2.93. The quantitative estimate of drug-likeness (QED) is 0.685. The second kappa shape index (κ2) is 7.13. The van der Waals surface area contributed by atoms with Crippen LogP contribution in [0.25, 0.3) is 16.7 Å². The van der Waals surface area contributed by atoms with Crippen molar-refractivity contribution in [3.05, 3.63) is 48.0 Å². The van der Waals surface area contributed by atoms with Crippen molar-refractivity contribution in [2.75, 3.05) is 31.2 Å². The number of hydrogen-bond acceptors (Lipinski definition) is 4. The molecule has 0 aliphatic carbocycles. The van der Waals surface area contributed by atoms with Gasteiger partial charge in [-0.05, 0) is 55.0 Å². The molecule has 0 saturated carbocycles. The Kier molecular flexibility index (Phi) is 4.47. The summed E-state index contributed by atoms with van der Waals surface area (Å²) < 4.78 is 35.0. The SMILES string of the molecule is Fc1ccc(N2CC[C@@H](F)C2)cc1-n1cc2cc(C3CCOCC3)cnc2n1. The second-order valence-corrected chi connectivity index (χ2v) is 7.61. The Bertz CT molecular complexity index is 999. The van der Waals surface area contributed by atoms with E-state index in [1.165, 1.54) is 16.3 Å². The van der Waals surface area contributed by atoms with Crippen LogP contribution in [0, 0.1) is 5.82 Å². The van der Waals surface area contributed by atoms with Gasteiger partial charge in [-0.25, -0.2) is 18.4 Å². The van der Waals surface area contributed by atoms with Gasteiger partial charge in [0.15, 0.2) is 5.65 Å². The van der Waals surface area contributed by atoms with Crippen molar-refractivity contribution in [3.8, 4) is 5.69 Å². The van der Waals surface area contributed by atoms with E-state index in [0.717, 1.165) is 37.1 Å². The zero-order valence-corrected chi connectivity index (χ0v) is 15.5. The van der Waals surface area contributed by atoms with Crippen LogP contribution in [0.15, 0.2) is 36.7 Å². The summed E-state index contributed by atoms with van der Waals surface area (Å²) in [7, 11) is 0. The first kappa shape index (κ1) is 17.6. The molecule has 2 saturated heterocycles. The molecular formula is C21H22F2N4O. The van der Waals surface area contributed by atoms with Gasteiger partial charge in [0.05, 0.1) is 0 Å².